The number of hydroxylamine groups is 1. The van der Waals surface area contributed by atoms with E-state index in [0.29, 0.717) is 0 Å². The van der Waals surface area contributed by atoms with Gasteiger partial charge in [0.25, 0.3) is 0 Å². The van der Waals surface area contributed by atoms with Crippen molar-refractivity contribution in [1.82, 2.24) is 5.29 Å². The van der Waals surface area contributed by atoms with Crippen LogP contribution in [0.1, 0.15) is 0 Å². The highest BCUT2D eigenvalue weighted by atomic mass is 19.2. The van der Waals surface area contributed by atoms with Crippen LogP contribution in [0.2, 0.25) is 0 Å². The number of alkyl halides is 1. The first-order chi connectivity index (χ1) is 4.99. The van der Waals surface area contributed by atoms with E-state index in [9.17, 15) is 13.7 Å². The Morgan fingerprint density at radius 2 is 2.27 bits per heavy atom. The number of aliphatic hydroxyl groups is 1. The minimum atomic E-state index is -3.53. The summed E-state index contributed by atoms with van der Waals surface area (Å²) in [4.78, 5) is 13.6. The molecule has 0 heterocycles. The van der Waals surface area contributed by atoms with E-state index in [4.69, 9.17) is 10.2 Å². The number of hydrogen-bond donors (Lipinski definition) is 2. The maximum absolute atomic E-state index is 12.6. The predicted octanol–water partition coefficient (Wildman–Crippen LogP) is -0.523. The van der Waals surface area contributed by atoms with Crippen LogP contribution in [-0.4, -0.2) is 41.0 Å². The number of carboxylic acids is 1. The molecule has 0 aromatic heterocycles. The first kappa shape index (κ1) is 10.2. The van der Waals surface area contributed by atoms with Gasteiger partial charge in [0.1, 0.15) is 6.61 Å². The molecule has 66 valence electrons. The average Bonchev–Trinajstić information content (AvgIpc) is 2.01. The van der Waals surface area contributed by atoms with Gasteiger partial charge in [-0.3, -0.25) is 4.84 Å². The number of carbonyl (C=O) groups is 1. The average molecular weight is 171 g/mol. The molecular weight excluding hydrogens is 164 g/mol. The highest BCUT2D eigenvalue weighted by Gasteiger charge is 2.47. The molecule has 0 aliphatic heterocycles. The third-order valence-corrected chi connectivity index (χ3v) is 0.976. The zero-order valence-corrected chi connectivity index (χ0v) is 5.62. The van der Waals surface area contributed by atoms with Crippen molar-refractivity contribution >= 4 is 5.97 Å². The van der Waals surface area contributed by atoms with E-state index in [1.54, 1.807) is 0 Å². The Labute approximate surface area is 60.7 Å². The Hall–Kier alpha value is -0.790. The monoisotopic (exact) mass is 171 g/mol. The Morgan fingerprint density at radius 1 is 1.82 bits per heavy atom. The molecule has 0 fully saturated rings. The van der Waals surface area contributed by atoms with E-state index < -0.39 is 23.7 Å². The van der Waals surface area contributed by atoms with E-state index in [2.05, 4.69) is 4.84 Å². The molecule has 2 N–H and O–H groups in total. The van der Waals surface area contributed by atoms with E-state index >= 15 is 0 Å². The zero-order chi connectivity index (χ0) is 9.07. The zero-order valence-electron chi connectivity index (χ0n) is 5.62. The molecule has 0 saturated carbocycles. The van der Waals surface area contributed by atoms with Crippen LogP contribution >= 0.6 is 0 Å². The van der Waals surface area contributed by atoms with Crippen LogP contribution in [0.25, 0.3) is 0 Å². The lowest BCUT2D eigenvalue weighted by Gasteiger charge is -2.21. The lowest BCUT2D eigenvalue weighted by Crippen LogP contribution is -2.49. The SMILES string of the molecule is CON(F)C(F)(CO)C(=O)O. The molecule has 0 radical (unpaired) electrons. The predicted molar refractivity (Wildman–Crippen MR) is 28.5 cm³/mol. The number of aliphatic carboxylic acids is 1. The molecule has 7 heteroatoms. The van der Waals surface area contributed by atoms with Gasteiger partial charge in [-0.2, -0.15) is 0 Å². The van der Waals surface area contributed by atoms with Gasteiger partial charge in [0, 0.05) is 5.29 Å². The van der Waals surface area contributed by atoms with E-state index in [1.165, 1.54) is 0 Å². The first-order valence-corrected chi connectivity index (χ1v) is 2.52. The first-order valence-electron chi connectivity index (χ1n) is 2.52. The quantitative estimate of drug-likeness (QED) is 0.338. The van der Waals surface area contributed by atoms with Crippen LogP contribution in [0.5, 0.6) is 0 Å². The third-order valence-electron chi connectivity index (χ3n) is 0.976. The molecule has 0 aliphatic carbocycles. The minimum absolute atomic E-state index is 0.729. The standard InChI is InChI=1S/C4H7F2NO4/c1-11-7(6)4(5,2-8)3(9)10/h8H,2H2,1H3,(H,9,10). The van der Waals surface area contributed by atoms with Gasteiger partial charge in [-0.15, -0.1) is 4.48 Å². The summed E-state index contributed by atoms with van der Waals surface area (Å²) in [5.74, 6) is -5.70. The van der Waals surface area contributed by atoms with Crippen molar-refractivity contribution in [3.8, 4) is 0 Å². The van der Waals surface area contributed by atoms with E-state index in [0.717, 1.165) is 7.11 Å². The molecule has 0 bridgehead atoms. The van der Waals surface area contributed by atoms with Gasteiger partial charge in [-0.05, 0) is 0 Å². The lowest BCUT2D eigenvalue weighted by atomic mass is 10.3. The number of hydrogen-bond acceptors (Lipinski definition) is 4. The Kier molecular flexibility index (Phi) is 3.30. The number of nitrogens with zero attached hydrogens (tertiary/aromatic N) is 1. The molecule has 1 unspecified atom stereocenters. The van der Waals surface area contributed by atoms with Crippen molar-refractivity contribution in [3.63, 3.8) is 0 Å². The van der Waals surface area contributed by atoms with Crippen molar-refractivity contribution in [3.05, 3.63) is 0 Å². The van der Waals surface area contributed by atoms with Crippen LogP contribution in [0, 0.1) is 0 Å². The normalized spacial score (nSPS) is 16.5. The van der Waals surface area contributed by atoms with E-state index in [1.807, 2.05) is 0 Å². The fourth-order valence-corrected chi connectivity index (χ4v) is 0.343. The molecule has 0 saturated heterocycles. The largest absolute Gasteiger partial charge is 0.478 e. The Balaban J connectivity index is 4.45. The molecule has 0 aliphatic rings. The number of rotatable bonds is 4. The molecule has 0 aromatic rings. The van der Waals surface area contributed by atoms with Crippen molar-refractivity contribution in [2.45, 2.75) is 5.79 Å². The van der Waals surface area contributed by atoms with Crippen molar-refractivity contribution in [2.24, 2.45) is 0 Å². The van der Waals surface area contributed by atoms with Crippen LogP contribution in [0.3, 0.4) is 0 Å². The van der Waals surface area contributed by atoms with Crippen LogP contribution < -0.4 is 0 Å². The molecule has 0 aromatic carbocycles. The van der Waals surface area contributed by atoms with Gasteiger partial charge in [0.15, 0.2) is 0 Å². The van der Waals surface area contributed by atoms with Crippen LogP contribution in [0.15, 0.2) is 0 Å². The highest BCUT2D eigenvalue weighted by Crippen LogP contribution is 2.17. The summed E-state index contributed by atoms with van der Waals surface area (Å²) in [6, 6.07) is 0. The highest BCUT2D eigenvalue weighted by molar-refractivity contribution is 5.76. The minimum Gasteiger partial charge on any atom is -0.478 e. The van der Waals surface area contributed by atoms with Gasteiger partial charge < -0.3 is 10.2 Å². The Morgan fingerprint density at radius 3 is 2.36 bits per heavy atom. The maximum atomic E-state index is 12.6. The van der Waals surface area contributed by atoms with E-state index in [-0.39, 0.29) is 0 Å². The summed E-state index contributed by atoms with van der Waals surface area (Å²) in [6.45, 7) is -1.54. The number of carboxylic acid groups (broad SMARTS) is 1. The molecule has 5 nitrogen and oxygen atoms in total. The fourth-order valence-electron chi connectivity index (χ4n) is 0.343. The second-order valence-corrected chi connectivity index (χ2v) is 1.65. The Bertz CT molecular complexity index is 155. The molecule has 0 spiro atoms. The summed E-state index contributed by atoms with van der Waals surface area (Å²) < 4.78 is 24.7. The smallest absolute Gasteiger partial charge is 0.364 e. The summed E-state index contributed by atoms with van der Waals surface area (Å²) in [5, 5.41) is 15.1. The fraction of sp³-hybridized carbons (Fsp3) is 0.750. The molecular formula is C4H7F2NO4. The summed E-state index contributed by atoms with van der Waals surface area (Å²) in [5.41, 5.74) is 0. The summed E-state index contributed by atoms with van der Waals surface area (Å²) >= 11 is 0. The maximum Gasteiger partial charge on any atom is 0.364 e. The molecule has 11 heavy (non-hydrogen) atoms. The second kappa shape index (κ2) is 3.56. The van der Waals surface area contributed by atoms with Gasteiger partial charge in [0.2, 0.25) is 0 Å². The number of aliphatic hydroxyl groups excluding tert-OH is 1. The van der Waals surface area contributed by atoms with Crippen LogP contribution in [0.4, 0.5) is 8.87 Å². The second-order valence-electron chi connectivity index (χ2n) is 1.65. The van der Waals surface area contributed by atoms with Gasteiger partial charge in [-0.25, -0.2) is 9.18 Å². The summed E-state index contributed by atoms with van der Waals surface area (Å²) in [7, 11) is 0.729. The molecule has 0 amide bonds. The van der Waals surface area contributed by atoms with Crippen molar-refractivity contribution in [2.75, 3.05) is 13.7 Å². The lowest BCUT2D eigenvalue weighted by molar-refractivity contribution is -0.352. The van der Waals surface area contributed by atoms with Crippen molar-refractivity contribution < 1.29 is 28.7 Å². The van der Waals surface area contributed by atoms with Gasteiger partial charge >= 0.3 is 11.8 Å². The number of halogens is 2. The van der Waals surface area contributed by atoms with Crippen LogP contribution in [-0.2, 0) is 9.63 Å². The topological polar surface area (TPSA) is 70.0 Å². The third kappa shape index (κ3) is 1.82. The van der Waals surface area contributed by atoms with Gasteiger partial charge in [-0.1, -0.05) is 0 Å². The molecule has 0 rings (SSSR count). The van der Waals surface area contributed by atoms with Crippen molar-refractivity contribution in [1.29, 1.82) is 0 Å². The summed E-state index contributed by atoms with van der Waals surface area (Å²) in [6.07, 6.45) is 0. The van der Waals surface area contributed by atoms with Gasteiger partial charge in [0.05, 0.1) is 7.11 Å². The molecule has 1 atom stereocenters.